The molecule has 2 aromatic rings. The van der Waals surface area contributed by atoms with Crippen LogP contribution >= 0.6 is 0 Å². The van der Waals surface area contributed by atoms with Gasteiger partial charge in [0.15, 0.2) is 0 Å². The van der Waals surface area contributed by atoms with Gasteiger partial charge in [-0.25, -0.2) is 4.79 Å². The van der Waals surface area contributed by atoms with Gasteiger partial charge in [0.1, 0.15) is 18.1 Å². The summed E-state index contributed by atoms with van der Waals surface area (Å²) in [7, 11) is 1.50. The highest BCUT2D eigenvalue weighted by Gasteiger charge is 2.12. The zero-order valence-corrected chi connectivity index (χ0v) is 11.4. The number of hydrogen-bond acceptors (Lipinski definition) is 3. The Labute approximate surface area is 117 Å². The second-order valence-electron chi connectivity index (χ2n) is 4.43. The Morgan fingerprint density at radius 2 is 1.75 bits per heavy atom. The van der Waals surface area contributed by atoms with Crippen molar-refractivity contribution in [3.8, 4) is 11.5 Å². The van der Waals surface area contributed by atoms with E-state index in [1.54, 1.807) is 12.1 Å². The highest BCUT2D eigenvalue weighted by atomic mass is 16.5. The minimum Gasteiger partial charge on any atom is -0.497 e. The van der Waals surface area contributed by atoms with E-state index in [0.717, 1.165) is 5.56 Å². The van der Waals surface area contributed by atoms with Crippen LogP contribution in [0.3, 0.4) is 0 Å². The molecule has 20 heavy (non-hydrogen) atoms. The highest BCUT2D eigenvalue weighted by molar-refractivity contribution is 5.89. The lowest BCUT2D eigenvalue weighted by atomic mass is 10.1. The summed E-state index contributed by atoms with van der Waals surface area (Å²) >= 11 is 0. The lowest BCUT2D eigenvalue weighted by Gasteiger charge is -2.10. The molecule has 1 N–H and O–H groups in total. The normalized spacial score (nSPS) is 10.1. The van der Waals surface area contributed by atoms with Gasteiger partial charge in [0.25, 0.3) is 0 Å². The first-order chi connectivity index (χ1) is 9.60. The second-order valence-corrected chi connectivity index (χ2v) is 4.43. The van der Waals surface area contributed by atoms with Gasteiger partial charge in [-0.05, 0) is 31.2 Å². The molecule has 0 bridgehead atoms. The standard InChI is InChI=1S/C16H16O4/c1-11-3-6-13(7-4-11)20-10-12-5-8-14(19-2)9-15(12)16(17)18/h3-9H,10H2,1-2H3,(H,17,18). The van der Waals surface area contributed by atoms with Crippen molar-refractivity contribution in [3.63, 3.8) is 0 Å². The Kier molecular flexibility index (Phi) is 4.25. The predicted molar refractivity (Wildman–Crippen MR) is 75.5 cm³/mol. The molecule has 0 aliphatic heterocycles. The molecule has 4 nitrogen and oxygen atoms in total. The van der Waals surface area contributed by atoms with Gasteiger partial charge >= 0.3 is 5.97 Å². The summed E-state index contributed by atoms with van der Waals surface area (Å²) in [5.41, 5.74) is 1.95. The number of hydrogen-bond donors (Lipinski definition) is 1. The number of carbonyl (C=O) groups is 1. The number of aromatic carboxylic acids is 1. The van der Waals surface area contributed by atoms with Crippen molar-refractivity contribution in [2.45, 2.75) is 13.5 Å². The maximum absolute atomic E-state index is 11.2. The summed E-state index contributed by atoms with van der Waals surface area (Å²) < 4.78 is 10.6. The van der Waals surface area contributed by atoms with Crippen molar-refractivity contribution in [2.24, 2.45) is 0 Å². The molecular formula is C16H16O4. The van der Waals surface area contributed by atoms with Gasteiger partial charge < -0.3 is 14.6 Å². The maximum atomic E-state index is 11.2. The Bertz CT molecular complexity index is 602. The molecule has 0 heterocycles. The van der Waals surface area contributed by atoms with E-state index in [-0.39, 0.29) is 12.2 Å². The number of carboxylic acids is 1. The third-order valence-electron chi connectivity index (χ3n) is 2.96. The van der Waals surface area contributed by atoms with E-state index in [1.165, 1.54) is 13.2 Å². The molecule has 0 saturated heterocycles. The third kappa shape index (κ3) is 3.29. The van der Waals surface area contributed by atoms with E-state index in [2.05, 4.69) is 0 Å². The van der Waals surface area contributed by atoms with E-state index < -0.39 is 5.97 Å². The predicted octanol–water partition coefficient (Wildman–Crippen LogP) is 3.28. The van der Waals surface area contributed by atoms with Crippen LogP contribution in [0.2, 0.25) is 0 Å². The van der Waals surface area contributed by atoms with Crippen LogP contribution in [0.4, 0.5) is 0 Å². The van der Waals surface area contributed by atoms with Gasteiger partial charge in [0, 0.05) is 5.56 Å². The zero-order valence-electron chi connectivity index (χ0n) is 11.4. The quantitative estimate of drug-likeness (QED) is 0.907. The van der Waals surface area contributed by atoms with Crippen LogP contribution in [0.15, 0.2) is 42.5 Å². The molecule has 0 aliphatic rings. The molecule has 4 heteroatoms. The van der Waals surface area contributed by atoms with Gasteiger partial charge in [0.2, 0.25) is 0 Å². The first kappa shape index (κ1) is 13.9. The van der Waals surface area contributed by atoms with E-state index in [1.807, 2.05) is 31.2 Å². The molecule has 0 spiro atoms. The van der Waals surface area contributed by atoms with Gasteiger partial charge in [-0.2, -0.15) is 0 Å². The number of carboxylic acid groups (broad SMARTS) is 1. The SMILES string of the molecule is COc1ccc(COc2ccc(C)cc2)c(C(=O)O)c1. The smallest absolute Gasteiger partial charge is 0.336 e. The molecule has 104 valence electrons. The van der Waals surface area contributed by atoms with Crippen molar-refractivity contribution in [2.75, 3.05) is 7.11 Å². The molecule has 2 aromatic carbocycles. The number of ether oxygens (including phenoxy) is 2. The van der Waals surface area contributed by atoms with Crippen LogP contribution in [-0.4, -0.2) is 18.2 Å². The zero-order chi connectivity index (χ0) is 14.5. The Balaban J connectivity index is 2.16. The van der Waals surface area contributed by atoms with Crippen molar-refractivity contribution >= 4 is 5.97 Å². The van der Waals surface area contributed by atoms with Crippen molar-refractivity contribution < 1.29 is 19.4 Å². The second kappa shape index (κ2) is 6.10. The Morgan fingerprint density at radius 3 is 2.35 bits per heavy atom. The van der Waals surface area contributed by atoms with Crippen molar-refractivity contribution in [1.82, 2.24) is 0 Å². The molecular weight excluding hydrogens is 256 g/mol. The van der Waals surface area contributed by atoms with Crippen LogP contribution in [0.25, 0.3) is 0 Å². The van der Waals surface area contributed by atoms with E-state index in [9.17, 15) is 9.90 Å². The van der Waals surface area contributed by atoms with Gasteiger partial charge in [-0.15, -0.1) is 0 Å². The number of rotatable bonds is 5. The number of aryl methyl sites for hydroxylation is 1. The molecule has 0 saturated carbocycles. The average molecular weight is 272 g/mol. The minimum absolute atomic E-state index is 0.191. The fourth-order valence-electron chi connectivity index (χ4n) is 1.80. The highest BCUT2D eigenvalue weighted by Crippen LogP contribution is 2.20. The van der Waals surface area contributed by atoms with E-state index >= 15 is 0 Å². The fraction of sp³-hybridized carbons (Fsp3) is 0.188. The third-order valence-corrected chi connectivity index (χ3v) is 2.96. The Hall–Kier alpha value is -2.49. The number of methoxy groups -OCH3 is 1. The van der Waals surface area contributed by atoms with Crippen LogP contribution in [-0.2, 0) is 6.61 Å². The lowest BCUT2D eigenvalue weighted by Crippen LogP contribution is -2.06. The van der Waals surface area contributed by atoms with Crippen LogP contribution in [0, 0.1) is 6.92 Å². The van der Waals surface area contributed by atoms with Crippen molar-refractivity contribution in [1.29, 1.82) is 0 Å². The molecule has 0 atom stereocenters. The van der Waals surface area contributed by atoms with Crippen LogP contribution < -0.4 is 9.47 Å². The largest absolute Gasteiger partial charge is 0.497 e. The van der Waals surface area contributed by atoms with Gasteiger partial charge in [-0.3, -0.25) is 0 Å². The summed E-state index contributed by atoms with van der Waals surface area (Å²) in [5.74, 6) is 0.232. The molecule has 2 rings (SSSR count). The first-order valence-corrected chi connectivity index (χ1v) is 6.20. The first-order valence-electron chi connectivity index (χ1n) is 6.20. The molecule has 0 aromatic heterocycles. The number of benzene rings is 2. The summed E-state index contributed by atoms with van der Waals surface area (Å²) in [6.45, 7) is 2.20. The summed E-state index contributed by atoms with van der Waals surface area (Å²) in [4.78, 5) is 11.2. The van der Waals surface area contributed by atoms with E-state index in [4.69, 9.17) is 9.47 Å². The average Bonchev–Trinajstić information content (AvgIpc) is 2.46. The maximum Gasteiger partial charge on any atom is 0.336 e. The molecule has 0 amide bonds. The summed E-state index contributed by atoms with van der Waals surface area (Å²) in [5, 5.41) is 9.21. The molecule has 0 unspecified atom stereocenters. The molecule has 0 aliphatic carbocycles. The fourth-order valence-corrected chi connectivity index (χ4v) is 1.80. The van der Waals surface area contributed by atoms with Crippen molar-refractivity contribution in [3.05, 3.63) is 59.2 Å². The minimum atomic E-state index is -0.994. The lowest BCUT2D eigenvalue weighted by molar-refractivity contribution is 0.0693. The summed E-state index contributed by atoms with van der Waals surface area (Å²) in [6.07, 6.45) is 0. The molecule has 0 fully saturated rings. The topological polar surface area (TPSA) is 55.8 Å². The monoisotopic (exact) mass is 272 g/mol. The van der Waals surface area contributed by atoms with E-state index in [0.29, 0.717) is 17.1 Å². The van der Waals surface area contributed by atoms with Crippen LogP contribution in [0.5, 0.6) is 11.5 Å². The Morgan fingerprint density at radius 1 is 1.10 bits per heavy atom. The summed E-state index contributed by atoms with van der Waals surface area (Å²) in [6, 6.07) is 12.5. The van der Waals surface area contributed by atoms with Crippen LogP contribution in [0.1, 0.15) is 21.5 Å². The van der Waals surface area contributed by atoms with Gasteiger partial charge in [-0.1, -0.05) is 23.8 Å². The van der Waals surface area contributed by atoms with Gasteiger partial charge in [0.05, 0.1) is 12.7 Å². The molecule has 0 radical (unpaired) electrons.